The topological polar surface area (TPSA) is 92.8 Å². The molecular formula is C21H20N2O5. The van der Waals surface area contributed by atoms with Crippen molar-refractivity contribution >= 4 is 29.3 Å². The van der Waals surface area contributed by atoms with E-state index in [-0.39, 0.29) is 24.8 Å². The molecule has 3 rings (SSSR count). The summed E-state index contributed by atoms with van der Waals surface area (Å²) in [4.78, 5) is 49.2. The first kappa shape index (κ1) is 19.3. The van der Waals surface area contributed by atoms with Crippen molar-refractivity contribution in [3.05, 3.63) is 65.7 Å². The molecule has 0 bridgehead atoms. The van der Waals surface area contributed by atoms with E-state index in [0.717, 1.165) is 12.1 Å². The van der Waals surface area contributed by atoms with Crippen molar-refractivity contribution in [3.63, 3.8) is 0 Å². The van der Waals surface area contributed by atoms with Crippen molar-refractivity contribution < 1.29 is 23.9 Å². The monoisotopic (exact) mass is 380 g/mol. The highest BCUT2D eigenvalue weighted by atomic mass is 16.5. The Morgan fingerprint density at radius 2 is 1.68 bits per heavy atom. The van der Waals surface area contributed by atoms with Gasteiger partial charge < -0.3 is 15.0 Å². The van der Waals surface area contributed by atoms with Gasteiger partial charge in [-0.25, -0.2) is 0 Å². The van der Waals surface area contributed by atoms with Gasteiger partial charge in [0.05, 0.1) is 0 Å². The van der Waals surface area contributed by atoms with Crippen LogP contribution in [-0.2, 0) is 14.3 Å². The van der Waals surface area contributed by atoms with Crippen molar-refractivity contribution in [2.45, 2.75) is 12.8 Å². The summed E-state index contributed by atoms with van der Waals surface area (Å²) in [6, 6.07) is 15.1. The number of nitrogens with zero attached hydrogens (tertiary/aromatic N) is 1. The molecule has 7 nitrogen and oxygen atoms in total. The van der Waals surface area contributed by atoms with E-state index < -0.39 is 11.9 Å². The van der Waals surface area contributed by atoms with Gasteiger partial charge in [-0.05, 0) is 30.7 Å². The molecule has 1 aliphatic heterocycles. The second-order valence-electron chi connectivity index (χ2n) is 6.33. The smallest absolute Gasteiger partial charge is 0.325 e. The molecule has 1 fully saturated rings. The first-order chi connectivity index (χ1) is 13.5. The summed E-state index contributed by atoms with van der Waals surface area (Å²) >= 11 is 0. The summed E-state index contributed by atoms with van der Waals surface area (Å²) in [5, 5.41) is 2.45. The van der Waals surface area contributed by atoms with E-state index >= 15 is 0 Å². The highest BCUT2D eigenvalue weighted by Gasteiger charge is 2.21. The highest BCUT2D eigenvalue weighted by Crippen LogP contribution is 2.21. The van der Waals surface area contributed by atoms with Gasteiger partial charge in [0.25, 0.3) is 5.91 Å². The van der Waals surface area contributed by atoms with Crippen LogP contribution in [0.1, 0.15) is 33.6 Å². The molecule has 0 atom stereocenters. The number of ether oxygens (including phenoxy) is 1. The van der Waals surface area contributed by atoms with Crippen LogP contribution >= 0.6 is 0 Å². The number of Topliss-reactive ketones (excluding diaryl/α,β-unsaturated/α-hetero) is 1. The minimum absolute atomic E-state index is 0.0741. The first-order valence-electron chi connectivity index (χ1n) is 8.97. The van der Waals surface area contributed by atoms with Crippen molar-refractivity contribution in [3.8, 4) is 0 Å². The van der Waals surface area contributed by atoms with Crippen molar-refractivity contribution in [2.24, 2.45) is 0 Å². The number of ketones is 1. The second kappa shape index (κ2) is 8.94. The molecule has 0 aromatic heterocycles. The average molecular weight is 380 g/mol. The molecule has 144 valence electrons. The number of carbonyl (C=O) groups excluding carboxylic acids is 4. The molecule has 2 amide bonds. The van der Waals surface area contributed by atoms with Crippen LogP contribution in [0.4, 0.5) is 5.69 Å². The third-order valence-corrected chi connectivity index (χ3v) is 4.37. The molecule has 2 aromatic carbocycles. The molecule has 2 aromatic rings. The Kier molecular flexibility index (Phi) is 6.16. The number of esters is 1. The van der Waals surface area contributed by atoms with Gasteiger partial charge in [-0.15, -0.1) is 0 Å². The number of anilines is 1. The van der Waals surface area contributed by atoms with Crippen LogP contribution in [0.25, 0.3) is 0 Å². The SMILES string of the molecule is O=C(CNC(=O)c1ccc(N2CCCC2=O)cc1)OCC(=O)c1ccccc1. The molecule has 1 aliphatic rings. The minimum Gasteiger partial charge on any atom is -0.456 e. The Labute approximate surface area is 162 Å². The number of hydrogen-bond donors (Lipinski definition) is 1. The zero-order valence-corrected chi connectivity index (χ0v) is 15.2. The predicted octanol–water partition coefficient (Wildman–Crippen LogP) is 1.97. The lowest BCUT2D eigenvalue weighted by atomic mass is 10.1. The maximum absolute atomic E-state index is 12.1. The summed E-state index contributed by atoms with van der Waals surface area (Å²) in [6.07, 6.45) is 1.37. The normalized spacial score (nSPS) is 13.3. The lowest BCUT2D eigenvalue weighted by Gasteiger charge is -2.15. The zero-order chi connectivity index (χ0) is 19.9. The van der Waals surface area contributed by atoms with E-state index in [0.29, 0.717) is 24.1 Å². The fourth-order valence-corrected chi connectivity index (χ4v) is 2.87. The van der Waals surface area contributed by atoms with Gasteiger partial charge in [0.15, 0.2) is 12.4 Å². The zero-order valence-electron chi connectivity index (χ0n) is 15.2. The second-order valence-corrected chi connectivity index (χ2v) is 6.33. The molecule has 0 radical (unpaired) electrons. The third-order valence-electron chi connectivity index (χ3n) is 4.37. The lowest BCUT2D eigenvalue weighted by Crippen LogP contribution is -2.31. The van der Waals surface area contributed by atoms with Crippen LogP contribution in [-0.4, -0.2) is 43.3 Å². The maximum Gasteiger partial charge on any atom is 0.325 e. The number of carbonyl (C=O) groups is 4. The van der Waals surface area contributed by atoms with Gasteiger partial charge in [-0.3, -0.25) is 19.2 Å². The Balaban J connectivity index is 1.45. The van der Waals surface area contributed by atoms with E-state index in [9.17, 15) is 19.2 Å². The van der Waals surface area contributed by atoms with Crippen molar-refractivity contribution in [2.75, 3.05) is 24.6 Å². The maximum atomic E-state index is 12.1. The van der Waals surface area contributed by atoms with Crippen LogP contribution < -0.4 is 10.2 Å². The minimum atomic E-state index is -0.697. The number of hydrogen-bond acceptors (Lipinski definition) is 5. The van der Waals surface area contributed by atoms with Gasteiger partial charge in [-0.2, -0.15) is 0 Å². The third kappa shape index (κ3) is 4.82. The van der Waals surface area contributed by atoms with Crippen LogP contribution in [0.2, 0.25) is 0 Å². The quantitative estimate of drug-likeness (QED) is 0.586. The van der Waals surface area contributed by atoms with E-state index in [4.69, 9.17) is 4.74 Å². The van der Waals surface area contributed by atoms with E-state index in [1.54, 1.807) is 59.5 Å². The molecule has 1 heterocycles. The summed E-state index contributed by atoms with van der Waals surface area (Å²) in [6.45, 7) is -0.0392. The number of rotatable bonds is 7. The van der Waals surface area contributed by atoms with Crippen molar-refractivity contribution in [1.29, 1.82) is 0 Å². The summed E-state index contributed by atoms with van der Waals surface area (Å²) in [7, 11) is 0. The molecule has 0 spiro atoms. The highest BCUT2D eigenvalue weighted by molar-refractivity contribution is 5.99. The van der Waals surface area contributed by atoms with Gasteiger partial charge in [0, 0.05) is 29.8 Å². The predicted molar refractivity (Wildman–Crippen MR) is 102 cm³/mol. The Morgan fingerprint density at radius 1 is 0.964 bits per heavy atom. The van der Waals surface area contributed by atoms with Crippen LogP contribution in [0, 0.1) is 0 Å². The van der Waals surface area contributed by atoms with E-state index in [2.05, 4.69) is 5.32 Å². The Morgan fingerprint density at radius 3 is 2.32 bits per heavy atom. The fourth-order valence-electron chi connectivity index (χ4n) is 2.87. The Bertz CT molecular complexity index is 877. The standard InChI is InChI=1S/C21H20N2O5/c24-18(15-5-2-1-3-6-15)14-28-20(26)13-22-21(27)16-8-10-17(11-9-16)23-12-4-7-19(23)25/h1-3,5-6,8-11H,4,7,12-14H2,(H,22,27). The molecule has 28 heavy (non-hydrogen) atoms. The fraction of sp³-hybridized carbons (Fsp3) is 0.238. The largest absolute Gasteiger partial charge is 0.456 e. The molecule has 0 unspecified atom stereocenters. The molecule has 7 heteroatoms. The average Bonchev–Trinajstić information content (AvgIpc) is 3.16. The lowest BCUT2D eigenvalue weighted by molar-refractivity contribution is -0.141. The number of benzene rings is 2. The molecule has 1 saturated heterocycles. The molecule has 0 saturated carbocycles. The van der Waals surface area contributed by atoms with Crippen LogP contribution in [0.15, 0.2) is 54.6 Å². The summed E-state index contributed by atoms with van der Waals surface area (Å²) in [5.41, 5.74) is 1.57. The van der Waals surface area contributed by atoms with E-state index in [1.165, 1.54) is 0 Å². The van der Waals surface area contributed by atoms with E-state index in [1.807, 2.05) is 0 Å². The number of nitrogens with one attached hydrogen (secondary N) is 1. The summed E-state index contributed by atoms with van der Waals surface area (Å²) < 4.78 is 4.90. The molecule has 1 N–H and O–H groups in total. The van der Waals surface area contributed by atoms with Gasteiger partial charge in [0.2, 0.25) is 5.91 Å². The first-order valence-corrected chi connectivity index (χ1v) is 8.97. The van der Waals surface area contributed by atoms with Crippen LogP contribution in [0.5, 0.6) is 0 Å². The number of amides is 2. The van der Waals surface area contributed by atoms with Crippen LogP contribution in [0.3, 0.4) is 0 Å². The molecular weight excluding hydrogens is 360 g/mol. The van der Waals surface area contributed by atoms with Gasteiger partial charge >= 0.3 is 5.97 Å². The van der Waals surface area contributed by atoms with Gasteiger partial charge in [0.1, 0.15) is 6.54 Å². The van der Waals surface area contributed by atoms with Gasteiger partial charge in [-0.1, -0.05) is 30.3 Å². The molecule has 0 aliphatic carbocycles. The Hall–Kier alpha value is -3.48. The van der Waals surface area contributed by atoms with Crippen molar-refractivity contribution in [1.82, 2.24) is 5.32 Å². The summed E-state index contributed by atoms with van der Waals surface area (Å²) in [5.74, 6) is -1.38.